The molecule has 2 aromatic heterocycles. The number of anilines is 1. The first kappa shape index (κ1) is 19.3. The molecule has 0 aliphatic heterocycles. The quantitative estimate of drug-likeness (QED) is 0.561. The van der Waals surface area contributed by atoms with Gasteiger partial charge in [-0.3, -0.25) is 4.79 Å². The second kappa shape index (κ2) is 8.96. The van der Waals surface area contributed by atoms with E-state index >= 15 is 0 Å². The summed E-state index contributed by atoms with van der Waals surface area (Å²) in [6.45, 7) is 1.59. The van der Waals surface area contributed by atoms with E-state index < -0.39 is 24.5 Å². The van der Waals surface area contributed by atoms with Gasteiger partial charge in [0.2, 0.25) is 0 Å². The van der Waals surface area contributed by atoms with Gasteiger partial charge in [0.25, 0.3) is 5.91 Å². The average molecular weight is 405 g/mol. The van der Waals surface area contributed by atoms with Crippen molar-refractivity contribution in [1.82, 2.24) is 0 Å². The highest BCUT2D eigenvalue weighted by molar-refractivity contribution is 7.17. The van der Waals surface area contributed by atoms with Gasteiger partial charge in [0, 0.05) is 15.8 Å². The normalized spacial score (nSPS) is 12.8. The van der Waals surface area contributed by atoms with Crippen LogP contribution in [0, 0.1) is 0 Å². The van der Waals surface area contributed by atoms with Crippen molar-refractivity contribution in [2.75, 3.05) is 18.5 Å². The van der Waals surface area contributed by atoms with Crippen LogP contribution in [0.15, 0.2) is 23.6 Å². The molecule has 1 aliphatic carbocycles. The lowest BCUT2D eigenvalue weighted by Crippen LogP contribution is -2.21. The van der Waals surface area contributed by atoms with Gasteiger partial charge in [0.1, 0.15) is 5.00 Å². The third-order valence-electron chi connectivity index (χ3n) is 3.93. The molecule has 1 aliphatic rings. The van der Waals surface area contributed by atoms with Crippen LogP contribution in [0.2, 0.25) is 0 Å². The van der Waals surface area contributed by atoms with E-state index in [9.17, 15) is 14.4 Å². The van der Waals surface area contributed by atoms with E-state index in [0.717, 1.165) is 34.6 Å². The summed E-state index contributed by atoms with van der Waals surface area (Å²) in [6.07, 6.45) is 5.61. The van der Waals surface area contributed by atoms with Crippen LogP contribution >= 0.6 is 22.7 Å². The molecule has 2 heterocycles. The first-order valence-electron chi connectivity index (χ1n) is 8.58. The molecule has 2 aromatic rings. The Balaban J connectivity index is 1.59. The van der Waals surface area contributed by atoms with E-state index in [2.05, 4.69) is 5.32 Å². The van der Waals surface area contributed by atoms with Gasteiger partial charge in [-0.25, -0.2) is 9.59 Å². The van der Waals surface area contributed by atoms with Crippen LogP contribution in [-0.4, -0.2) is 31.1 Å². The largest absolute Gasteiger partial charge is 0.462 e. The second-order valence-corrected chi connectivity index (χ2v) is 7.87. The van der Waals surface area contributed by atoms with Gasteiger partial charge >= 0.3 is 11.9 Å². The van der Waals surface area contributed by atoms with Crippen LogP contribution in [0.1, 0.15) is 39.0 Å². The Kier molecular flexibility index (Phi) is 6.41. The molecular formula is C19H19NO5S2. The fourth-order valence-corrected chi connectivity index (χ4v) is 4.71. The highest BCUT2D eigenvalue weighted by atomic mass is 32.1. The molecule has 0 fully saturated rings. The van der Waals surface area contributed by atoms with Crippen molar-refractivity contribution in [2.45, 2.75) is 26.2 Å². The van der Waals surface area contributed by atoms with Gasteiger partial charge in [-0.1, -0.05) is 6.07 Å². The molecule has 0 atom stereocenters. The summed E-state index contributed by atoms with van der Waals surface area (Å²) in [6, 6.07) is 3.75. The van der Waals surface area contributed by atoms with Crippen LogP contribution in [0.4, 0.5) is 5.00 Å². The fraction of sp³-hybridized carbons (Fsp3) is 0.316. The molecule has 0 unspecified atom stereocenters. The zero-order valence-electron chi connectivity index (χ0n) is 14.8. The molecule has 3 rings (SSSR count). The van der Waals surface area contributed by atoms with Crippen LogP contribution < -0.4 is 5.32 Å². The first-order chi connectivity index (χ1) is 13.1. The third kappa shape index (κ3) is 4.84. The van der Waals surface area contributed by atoms with Gasteiger partial charge in [-0.05, 0) is 49.3 Å². The number of carbonyl (C=O) groups is 3. The highest BCUT2D eigenvalue weighted by Gasteiger charge is 2.28. The molecule has 0 bridgehead atoms. The van der Waals surface area contributed by atoms with Crippen LogP contribution in [0.25, 0.3) is 6.08 Å². The van der Waals surface area contributed by atoms with E-state index in [4.69, 9.17) is 9.47 Å². The van der Waals surface area contributed by atoms with Crippen LogP contribution in [0.5, 0.6) is 0 Å². The summed E-state index contributed by atoms with van der Waals surface area (Å²) in [5.74, 6) is -1.51. The van der Waals surface area contributed by atoms with E-state index in [1.54, 1.807) is 13.0 Å². The van der Waals surface area contributed by atoms with Gasteiger partial charge in [0.05, 0.1) is 12.2 Å². The Morgan fingerprint density at radius 3 is 2.85 bits per heavy atom. The highest BCUT2D eigenvalue weighted by Crippen LogP contribution is 2.39. The number of rotatable bonds is 7. The van der Waals surface area contributed by atoms with Crippen molar-refractivity contribution < 1.29 is 23.9 Å². The number of thiophene rings is 2. The molecule has 0 radical (unpaired) electrons. The monoisotopic (exact) mass is 405 g/mol. The topological polar surface area (TPSA) is 81.7 Å². The van der Waals surface area contributed by atoms with Gasteiger partial charge in [-0.15, -0.1) is 22.7 Å². The lowest BCUT2D eigenvalue weighted by Gasteiger charge is -2.08. The van der Waals surface area contributed by atoms with Crippen molar-refractivity contribution in [3.05, 3.63) is 44.5 Å². The number of fused-ring (bicyclic) bond motifs is 1. The van der Waals surface area contributed by atoms with E-state index in [1.807, 2.05) is 17.5 Å². The lowest BCUT2D eigenvalue weighted by atomic mass is 10.1. The zero-order chi connectivity index (χ0) is 19.2. The predicted molar refractivity (Wildman–Crippen MR) is 105 cm³/mol. The van der Waals surface area contributed by atoms with E-state index in [1.165, 1.54) is 28.7 Å². The molecule has 0 spiro atoms. The number of carbonyl (C=O) groups excluding carboxylic acids is 3. The molecule has 0 saturated heterocycles. The minimum Gasteiger partial charge on any atom is -0.462 e. The Labute approximate surface area is 164 Å². The van der Waals surface area contributed by atoms with Crippen molar-refractivity contribution in [2.24, 2.45) is 0 Å². The van der Waals surface area contributed by atoms with Crippen molar-refractivity contribution in [1.29, 1.82) is 0 Å². The van der Waals surface area contributed by atoms with Gasteiger partial charge in [0.15, 0.2) is 6.61 Å². The number of hydrogen-bond donors (Lipinski definition) is 1. The Morgan fingerprint density at radius 2 is 2.11 bits per heavy atom. The van der Waals surface area contributed by atoms with Gasteiger partial charge in [-0.2, -0.15) is 0 Å². The smallest absolute Gasteiger partial charge is 0.341 e. The minimum absolute atomic E-state index is 0.269. The predicted octanol–water partition coefficient (Wildman–Crippen LogP) is 3.67. The molecule has 0 aromatic carbocycles. The third-order valence-corrected chi connectivity index (χ3v) is 5.97. The summed E-state index contributed by atoms with van der Waals surface area (Å²) >= 11 is 2.88. The first-order valence-corrected chi connectivity index (χ1v) is 10.3. The van der Waals surface area contributed by atoms with Crippen LogP contribution in [0.3, 0.4) is 0 Å². The maximum absolute atomic E-state index is 12.3. The van der Waals surface area contributed by atoms with Crippen molar-refractivity contribution >= 4 is 51.6 Å². The number of ether oxygens (including phenoxy) is 2. The lowest BCUT2D eigenvalue weighted by molar-refractivity contribution is -0.142. The van der Waals surface area contributed by atoms with Gasteiger partial charge < -0.3 is 14.8 Å². The maximum atomic E-state index is 12.3. The summed E-state index contributed by atoms with van der Waals surface area (Å²) in [5.41, 5.74) is 1.40. The molecule has 142 valence electrons. The van der Waals surface area contributed by atoms with E-state index in [-0.39, 0.29) is 6.61 Å². The van der Waals surface area contributed by atoms with E-state index in [0.29, 0.717) is 10.6 Å². The second-order valence-electron chi connectivity index (χ2n) is 5.79. The standard InChI is InChI=1S/C19H19NO5S2/c1-2-24-19(23)17-13-6-3-7-14(13)27-18(17)20-15(21)11-25-16(22)9-8-12-5-4-10-26-12/h4-5,8-10H,2-3,6-7,11H2,1H3,(H,20,21)/b9-8+. The summed E-state index contributed by atoms with van der Waals surface area (Å²) < 4.78 is 10.1. The number of nitrogens with one attached hydrogen (secondary N) is 1. The molecule has 27 heavy (non-hydrogen) atoms. The summed E-state index contributed by atoms with van der Waals surface area (Å²) in [5, 5.41) is 5.05. The fourth-order valence-electron chi connectivity index (χ4n) is 2.80. The SMILES string of the molecule is CCOC(=O)c1c(NC(=O)COC(=O)/C=C/c2cccs2)sc2c1CCC2. The van der Waals surface area contributed by atoms with Crippen LogP contribution in [-0.2, 0) is 31.9 Å². The van der Waals surface area contributed by atoms with Crippen molar-refractivity contribution in [3.8, 4) is 0 Å². The Bertz CT molecular complexity index is 867. The number of aryl methyl sites for hydroxylation is 1. The maximum Gasteiger partial charge on any atom is 0.341 e. The zero-order valence-corrected chi connectivity index (χ0v) is 16.4. The molecule has 8 heteroatoms. The minimum atomic E-state index is -0.599. The molecule has 1 N–H and O–H groups in total. The number of esters is 2. The summed E-state index contributed by atoms with van der Waals surface area (Å²) in [4.78, 5) is 38.2. The summed E-state index contributed by atoms with van der Waals surface area (Å²) in [7, 11) is 0. The Morgan fingerprint density at radius 1 is 1.26 bits per heavy atom. The average Bonchev–Trinajstić information content (AvgIpc) is 3.35. The number of hydrogen-bond acceptors (Lipinski definition) is 7. The van der Waals surface area contributed by atoms with Crippen molar-refractivity contribution in [3.63, 3.8) is 0 Å². The Hall–Kier alpha value is -2.45. The molecule has 0 saturated carbocycles. The molecule has 1 amide bonds. The number of amides is 1. The molecular weight excluding hydrogens is 386 g/mol. The molecule has 6 nitrogen and oxygen atoms in total.